The van der Waals surface area contributed by atoms with Crippen LogP contribution in [0.3, 0.4) is 0 Å². The van der Waals surface area contributed by atoms with Crippen molar-refractivity contribution in [3.63, 3.8) is 0 Å². The Morgan fingerprint density at radius 2 is 2.31 bits per heavy atom. The first-order chi connectivity index (χ1) is 7.68. The van der Waals surface area contributed by atoms with Crippen molar-refractivity contribution in [1.29, 1.82) is 5.26 Å². The molecule has 1 aromatic rings. The van der Waals surface area contributed by atoms with Crippen LogP contribution in [0.15, 0.2) is 24.3 Å². The fourth-order valence-electron chi connectivity index (χ4n) is 2.08. The van der Waals surface area contributed by atoms with E-state index in [1.807, 2.05) is 25.1 Å². The van der Waals surface area contributed by atoms with E-state index in [0.29, 0.717) is 11.5 Å². The second kappa shape index (κ2) is 4.09. The Hall–Kier alpha value is -1.62. The van der Waals surface area contributed by atoms with Crippen LogP contribution in [0, 0.1) is 17.2 Å². The number of nitrogens with zero attached hydrogens (tertiary/aromatic N) is 1. The van der Waals surface area contributed by atoms with Crippen LogP contribution in [-0.4, -0.2) is 6.29 Å². The minimum atomic E-state index is -0.444. The first-order valence-corrected chi connectivity index (χ1v) is 5.65. The number of hydrogen-bond donors (Lipinski definition) is 0. The topological polar surface area (TPSA) is 40.9 Å². The van der Waals surface area contributed by atoms with Crippen LogP contribution < -0.4 is 0 Å². The summed E-state index contributed by atoms with van der Waals surface area (Å²) >= 11 is 0. The standard InChI is InChI=1S/C14H15NO/c1-14(10-15,8-11-5-6-11)13-4-2-3-12(7-13)9-16/h2-4,7,9,11H,5-6,8H2,1H3. The lowest BCUT2D eigenvalue weighted by Gasteiger charge is -2.22. The quantitative estimate of drug-likeness (QED) is 0.721. The second-order valence-electron chi connectivity index (χ2n) is 4.83. The number of rotatable bonds is 4. The average Bonchev–Trinajstić information content (AvgIpc) is 3.13. The van der Waals surface area contributed by atoms with Crippen molar-refractivity contribution in [3.8, 4) is 6.07 Å². The van der Waals surface area contributed by atoms with E-state index < -0.39 is 5.41 Å². The van der Waals surface area contributed by atoms with E-state index >= 15 is 0 Å². The maximum absolute atomic E-state index is 10.7. The Balaban J connectivity index is 2.31. The van der Waals surface area contributed by atoms with Gasteiger partial charge in [0.1, 0.15) is 6.29 Å². The Morgan fingerprint density at radius 1 is 1.56 bits per heavy atom. The van der Waals surface area contributed by atoms with Gasteiger partial charge in [-0.1, -0.05) is 31.0 Å². The zero-order valence-corrected chi connectivity index (χ0v) is 9.44. The molecule has 1 unspecified atom stereocenters. The zero-order chi connectivity index (χ0) is 11.6. The maximum atomic E-state index is 10.7. The van der Waals surface area contributed by atoms with E-state index in [2.05, 4.69) is 6.07 Å². The molecule has 0 amide bonds. The smallest absolute Gasteiger partial charge is 0.150 e. The Morgan fingerprint density at radius 3 is 2.88 bits per heavy atom. The maximum Gasteiger partial charge on any atom is 0.150 e. The van der Waals surface area contributed by atoms with Crippen molar-refractivity contribution in [3.05, 3.63) is 35.4 Å². The Bertz CT molecular complexity index is 442. The van der Waals surface area contributed by atoms with Gasteiger partial charge in [-0.3, -0.25) is 4.79 Å². The molecule has 0 aromatic heterocycles. The van der Waals surface area contributed by atoms with E-state index in [1.165, 1.54) is 12.8 Å². The molecule has 1 aliphatic carbocycles. The van der Waals surface area contributed by atoms with Crippen molar-refractivity contribution in [2.75, 3.05) is 0 Å². The molecule has 1 fully saturated rings. The number of benzene rings is 1. The summed E-state index contributed by atoms with van der Waals surface area (Å²) in [5, 5.41) is 9.34. The van der Waals surface area contributed by atoms with Gasteiger partial charge in [0.2, 0.25) is 0 Å². The molecule has 1 aromatic carbocycles. The van der Waals surface area contributed by atoms with Crippen LogP contribution in [0.1, 0.15) is 42.1 Å². The summed E-state index contributed by atoms with van der Waals surface area (Å²) < 4.78 is 0. The lowest BCUT2D eigenvalue weighted by molar-refractivity contribution is 0.112. The minimum absolute atomic E-state index is 0.444. The van der Waals surface area contributed by atoms with E-state index in [4.69, 9.17) is 0 Å². The van der Waals surface area contributed by atoms with Crippen molar-refractivity contribution in [2.45, 2.75) is 31.6 Å². The van der Waals surface area contributed by atoms with E-state index in [-0.39, 0.29) is 0 Å². The average molecular weight is 213 g/mol. The van der Waals surface area contributed by atoms with Crippen LogP contribution in [0.25, 0.3) is 0 Å². The molecule has 16 heavy (non-hydrogen) atoms. The van der Waals surface area contributed by atoms with Crippen LogP contribution in [0.4, 0.5) is 0 Å². The highest BCUT2D eigenvalue weighted by molar-refractivity contribution is 5.75. The van der Waals surface area contributed by atoms with Crippen molar-refractivity contribution >= 4 is 6.29 Å². The molecule has 0 N–H and O–H groups in total. The van der Waals surface area contributed by atoms with Gasteiger partial charge in [0.05, 0.1) is 11.5 Å². The lowest BCUT2D eigenvalue weighted by atomic mass is 9.79. The summed E-state index contributed by atoms with van der Waals surface area (Å²) in [4.78, 5) is 10.7. The largest absolute Gasteiger partial charge is 0.298 e. The van der Waals surface area contributed by atoms with Gasteiger partial charge in [-0.15, -0.1) is 0 Å². The molecule has 2 rings (SSSR count). The molecule has 1 aliphatic rings. The van der Waals surface area contributed by atoms with Gasteiger partial charge >= 0.3 is 0 Å². The molecule has 82 valence electrons. The fraction of sp³-hybridized carbons (Fsp3) is 0.429. The highest BCUT2D eigenvalue weighted by atomic mass is 16.1. The number of carbonyl (C=O) groups excluding carboxylic acids is 1. The van der Waals surface area contributed by atoms with Gasteiger partial charge in [0.25, 0.3) is 0 Å². The van der Waals surface area contributed by atoms with Gasteiger partial charge < -0.3 is 0 Å². The fourth-order valence-corrected chi connectivity index (χ4v) is 2.08. The van der Waals surface area contributed by atoms with Crippen LogP contribution in [0.2, 0.25) is 0 Å². The van der Waals surface area contributed by atoms with Crippen LogP contribution in [0.5, 0.6) is 0 Å². The van der Waals surface area contributed by atoms with E-state index in [0.717, 1.165) is 18.3 Å². The first kappa shape index (κ1) is 10.9. The summed E-state index contributed by atoms with van der Waals surface area (Å²) in [5.74, 6) is 0.699. The highest BCUT2D eigenvalue weighted by Crippen LogP contribution is 2.41. The predicted molar refractivity (Wildman–Crippen MR) is 62.1 cm³/mol. The van der Waals surface area contributed by atoms with E-state index in [1.54, 1.807) is 6.07 Å². The molecule has 2 nitrogen and oxygen atoms in total. The van der Waals surface area contributed by atoms with Crippen molar-refractivity contribution < 1.29 is 4.79 Å². The Kier molecular flexibility index (Phi) is 2.78. The molecule has 2 heteroatoms. The van der Waals surface area contributed by atoms with Gasteiger partial charge in [0, 0.05) is 5.56 Å². The third-order valence-electron chi connectivity index (χ3n) is 3.30. The predicted octanol–water partition coefficient (Wildman–Crippen LogP) is 3.08. The normalized spacial score (nSPS) is 18.5. The number of aldehydes is 1. The number of carbonyl (C=O) groups is 1. The Labute approximate surface area is 95.9 Å². The molecule has 0 saturated heterocycles. The summed E-state index contributed by atoms with van der Waals surface area (Å²) in [6, 6.07) is 9.79. The second-order valence-corrected chi connectivity index (χ2v) is 4.83. The molecule has 0 spiro atoms. The number of hydrogen-bond acceptors (Lipinski definition) is 2. The monoisotopic (exact) mass is 213 g/mol. The van der Waals surface area contributed by atoms with Crippen LogP contribution >= 0.6 is 0 Å². The van der Waals surface area contributed by atoms with Crippen molar-refractivity contribution in [2.24, 2.45) is 5.92 Å². The van der Waals surface area contributed by atoms with Crippen molar-refractivity contribution in [1.82, 2.24) is 0 Å². The first-order valence-electron chi connectivity index (χ1n) is 5.65. The third-order valence-corrected chi connectivity index (χ3v) is 3.30. The third kappa shape index (κ3) is 2.14. The summed E-state index contributed by atoms with van der Waals surface area (Å²) in [6.07, 6.45) is 4.22. The number of nitriles is 1. The minimum Gasteiger partial charge on any atom is -0.298 e. The van der Waals surface area contributed by atoms with Gasteiger partial charge in [0.15, 0.2) is 0 Å². The summed E-state index contributed by atoms with van der Waals surface area (Å²) in [6.45, 7) is 1.97. The van der Waals surface area contributed by atoms with Gasteiger partial charge in [-0.05, 0) is 30.9 Å². The lowest BCUT2D eigenvalue weighted by Crippen LogP contribution is -2.20. The SMILES string of the molecule is CC(C#N)(CC1CC1)c1cccc(C=O)c1. The molecule has 0 radical (unpaired) electrons. The molecule has 1 saturated carbocycles. The molecular formula is C14H15NO. The summed E-state index contributed by atoms with van der Waals surface area (Å²) in [7, 11) is 0. The summed E-state index contributed by atoms with van der Waals surface area (Å²) in [5.41, 5.74) is 1.17. The molecule has 1 atom stereocenters. The van der Waals surface area contributed by atoms with Gasteiger partial charge in [-0.2, -0.15) is 5.26 Å². The van der Waals surface area contributed by atoms with E-state index in [9.17, 15) is 10.1 Å². The van der Waals surface area contributed by atoms with Gasteiger partial charge in [-0.25, -0.2) is 0 Å². The molecule has 0 heterocycles. The molecular weight excluding hydrogens is 198 g/mol. The molecule has 0 bridgehead atoms. The molecule has 0 aliphatic heterocycles. The highest BCUT2D eigenvalue weighted by Gasteiger charge is 2.34. The zero-order valence-electron chi connectivity index (χ0n) is 9.44. The van der Waals surface area contributed by atoms with Crippen LogP contribution in [-0.2, 0) is 5.41 Å².